The third-order valence-corrected chi connectivity index (χ3v) is 4.28. The Morgan fingerprint density at radius 2 is 1.84 bits per heavy atom. The molecule has 0 aliphatic carbocycles. The zero-order valence-electron chi connectivity index (χ0n) is 15.7. The van der Waals surface area contributed by atoms with Crippen LogP contribution in [0.5, 0.6) is 6.01 Å². The molecule has 12 heteroatoms. The summed E-state index contributed by atoms with van der Waals surface area (Å²) >= 11 is 0. The molecule has 0 bridgehead atoms. The number of aromatic nitrogens is 5. The average Bonchev–Trinajstić information content (AvgIpc) is 3.10. The van der Waals surface area contributed by atoms with E-state index in [2.05, 4.69) is 20.1 Å². The Morgan fingerprint density at radius 1 is 1.13 bits per heavy atom. The van der Waals surface area contributed by atoms with Crippen molar-refractivity contribution in [3.63, 3.8) is 0 Å². The van der Waals surface area contributed by atoms with Gasteiger partial charge in [0.25, 0.3) is 12.4 Å². The van der Waals surface area contributed by atoms with E-state index in [0.717, 1.165) is 4.52 Å². The summed E-state index contributed by atoms with van der Waals surface area (Å²) in [6, 6.07) is 4.12. The van der Waals surface area contributed by atoms with Crippen LogP contribution in [0.3, 0.4) is 0 Å². The molecule has 7 nitrogen and oxygen atoms in total. The Labute approximate surface area is 170 Å². The highest BCUT2D eigenvalue weighted by molar-refractivity contribution is 5.90. The Bertz CT molecular complexity index is 1310. The monoisotopic (exact) mass is 437 g/mol. The number of ether oxygens (including phenoxy) is 1. The maximum atomic E-state index is 13.9. The lowest BCUT2D eigenvalue weighted by atomic mass is 10.0. The van der Waals surface area contributed by atoms with Crippen molar-refractivity contribution in [2.75, 3.05) is 6.61 Å². The summed E-state index contributed by atoms with van der Waals surface area (Å²) in [5, 5.41) is 4.13. The summed E-state index contributed by atoms with van der Waals surface area (Å²) in [5.74, 6) is -4.62. The first-order valence-corrected chi connectivity index (χ1v) is 8.76. The standard InChI is InChI=1S/C19H12F5N5O2/c1-8-2-3-9(6-25-8)16-14(10-4-11(20)15(24)12(21)5-10)17-26-18(31-7-13(22)23)27-19(30)29(17)28-16/h2-6,13H,7H2,1H3,(H,26,27,30). The molecule has 3 heterocycles. The van der Waals surface area contributed by atoms with Crippen LogP contribution in [-0.2, 0) is 0 Å². The number of aromatic amines is 1. The fourth-order valence-corrected chi connectivity index (χ4v) is 2.91. The molecule has 3 aromatic heterocycles. The number of hydrogen-bond donors (Lipinski definition) is 1. The van der Waals surface area contributed by atoms with Gasteiger partial charge in [0.15, 0.2) is 29.7 Å². The first kappa shape index (κ1) is 20.4. The second-order valence-electron chi connectivity index (χ2n) is 6.45. The number of nitrogens with zero attached hydrogens (tertiary/aromatic N) is 4. The maximum absolute atomic E-state index is 13.9. The Kier molecular flexibility index (Phi) is 5.13. The van der Waals surface area contributed by atoms with Crippen molar-refractivity contribution < 1.29 is 26.7 Å². The molecule has 0 atom stereocenters. The number of alkyl halides is 2. The fraction of sp³-hybridized carbons (Fsp3) is 0.158. The first-order chi connectivity index (χ1) is 14.7. The molecule has 0 saturated carbocycles. The van der Waals surface area contributed by atoms with E-state index in [9.17, 15) is 26.7 Å². The van der Waals surface area contributed by atoms with Crippen LogP contribution >= 0.6 is 0 Å². The lowest BCUT2D eigenvalue weighted by Gasteiger charge is -2.07. The minimum atomic E-state index is -2.83. The molecule has 0 spiro atoms. The van der Waals surface area contributed by atoms with Gasteiger partial charge in [-0.05, 0) is 36.8 Å². The van der Waals surface area contributed by atoms with Crippen molar-refractivity contribution in [3.8, 4) is 28.4 Å². The molecular formula is C19H12F5N5O2. The Hall–Kier alpha value is -3.83. The lowest BCUT2D eigenvalue weighted by Crippen LogP contribution is -2.21. The number of halogens is 5. The second-order valence-corrected chi connectivity index (χ2v) is 6.45. The molecule has 0 amide bonds. The van der Waals surface area contributed by atoms with Gasteiger partial charge in [0.2, 0.25) is 0 Å². The van der Waals surface area contributed by atoms with Crippen LogP contribution in [0.2, 0.25) is 0 Å². The minimum Gasteiger partial charge on any atom is -0.459 e. The summed E-state index contributed by atoms with van der Waals surface area (Å²) in [4.78, 5) is 22.7. The highest BCUT2D eigenvalue weighted by Gasteiger charge is 2.23. The van der Waals surface area contributed by atoms with Gasteiger partial charge in [0.05, 0.1) is 5.56 Å². The number of rotatable bonds is 5. The molecule has 0 unspecified atom stereocenters. The van der Waals surface area contributed by atoms with E-state index in [1.54, 1.807) is 19.1 Å². The summed E-state index contributed by atoms with van der Waals surface area (Å²) < 4.78 is 71.9. The number of pyridine rings is 1. The average molecular weight is 437 g/mol. The van der Waals surface area contributed by atoms with E-state index in [1.165, 1.54) is 6.20 Å². The molecule has 0 radical (unpaired) electrons. The molecule has 1 aromatic carbocycles. The number of H-pyrrole nitrogens is 1. The molecule has 4 aromatic rings. The largest absolute Gasteiger partial charge is 0.459 e. The predicted molar refractivity (Wildman–Crippen MR) is 98.4 cm³/mol. The van der Waals surface area contributed by atoms with E-state index in [4.69, 9.17) is 4.74 Å². The van der Waals surface area contributed by atoms with Crippen molar-refractivity contribution in [2.24, 2.45) is 0 Å². The zero-order chi connectivity index (χ0) is 22.3. The highest BCUT2D eigenvalue weighted by atomic mass is 19.3. The van der Waals surface area contributed by atoms with Gasteiger partial charge in [0.1, 0.15) is 5.69 Å². The van der Waals surface area contributed by atoms with Gasteiger partial charge in [-0.2, -0.15) is 14.6 Å². The van der Waals surface area contributed by atoms with Crippen LogP contribution in [0.1, 0.15) is 5.69 Å². The van der Waals surface area contributed by atoms with Gasteiger partial charge < -0.3 is 4.74 Å². The second kappa shape index (κ2) is 7.78. The molecule has 0 aliphatic rings. The normalized spacial score (nSPS) is 11.5. The summed E-state index contributed by atoms with van der Waals surface area (Å²) in [6.45, 7) is 0.690. The third-order valence-electron chi connectivity index (χ3n) is 4.28. The Balaban J connectivity index is 2.02. The number of fused-ring (bicyclic) bond motifs is 1. The van der Waals surface area contributed by atoms with Crippen molar-refractivity contribution >= 4 is 5.65 Å². The molecule has 31 heavy (non-hydrogen) atoms. The molecular weight excluding hydrogens is 425 g/mol. The van der Waals surface area contributed by atoms with Crippen molar-refractivity contribution in [2.45, 2.75) is 13.3 Å². The number of benzene rings is 1. The molecule has 0 aliphatic heterocycles. The SMILES string of the molecule is Cc1ccc(-c2nn3c(=O)[nH]c(OCC(F)F)nc3c2-c2cc(F)c(F)c(F)c2)cn1. The minimum absolute atomic E-state index is 0.0450. The van der Waals surface area contributed by atoms with Crippen LogP contribution in [-0.4, -0.2) is 37.6 Å². The van der Waals surface area contributed by atoms with Crippen LogP contribution in [0.4, 0.5) is 22.0 Å². The summed E-state index contributed by atoms with van der Waals surface area (Å²) in [6.07, 6.45) is -1.42. The van der Waals surface area contributed by atoms with Gasteiger partial charge in [-0.25, -0.2) is 26.7 Å². The quantitative estimate of drug-likeness (QED) is 0.382. The molecule has 160 valence electrons. The van der Waals surface area contributed by atoms with Gasteiger partial charge >= 0.3 is 5.69 Å². The molecule has 1 N–H and O–H groups in total. The van der Waals surface area contributed by atoms with Crippen LogP contribution < -0.4 is 10.4 Å². The van der Waals surface area contributed by atoms with Gasteiger partial charge in [-0.15, -0.1) is 0 Å². The van der Waals surface area contributed by atoms with E-state index in [0.29, 0.717) is 23.4 Å². The molecule has 0 saturated heterocycles. The number of hydrogen-bond acceptors (Lipinski definition) is 5. The molecule has 4 rings (SSSR count). The number of aryl methyl sites for hydroxylation is 1. The van der Waals surface area contributed by atoms with Gasteiger partial charge in [-0.1, -0.05) is 0 Å². The van der Waals surface area contributed by atoms with Crippen LogP contribution in [0, 0.1) is 24.4 Å². The van der Waals surface area contributed by atoms with Crippen LogP contribution in [0.15, 0.2) is 35.3 Å². The maximum Gasteiger partial charge on any atom is 0.352 e. The highest BCUT2D eigenvalue weighted by Crippen LogP contribution is 2.35. The number of nitrogens with one attached hydrogen (secondary N) is 1. The van der Waals surface area contributed by atoms with E-state index >= 15 is 0 Å². The van der Waals surface area contributed by atoms with E-state index in [1.807, 2.05) is 0 Å². The lowest BCUT2D eigenvalue weighted by molar-refractivity contribution is 0.0768. The predicted octanol–water partition coefficient (Wildman–Crippen LogP) is 3.52. The van der Waals surface area contributed by atoms with E-state index in [-0.39, 0.29) is 22.5 Å². The topological polar surface area (TPSA) is 85.2 Å². The zero-order valence-corrected chi connectivity index (χ0v) is 15.7. The van der Waals surface area contributed by atoms with Crippen molar-refractivity contribution in [1.82, 2.24) is 24.6 Å². The Morgan fingerprint density at radius 3 is 2.45 bits per heavy atom. The van der Waals surface area contributed by atoms with E-state index < -0.39 is 42.2 Å². The first-order valence-electron chi connectivity index (χ1n) is 8.76. The van der Waals surface area contributed by atoms with Crippen molar-refractivity contribution in [1.29, 1.82) is 0 Å². The van der Waals surface area contributed by atoms with Gasteiger partial charge in [0, 0.05) is 17.5 Å². The summed E-state index contributed by atoms with van der Waals surface area (Å²) in [7, 11) is 0. The summed E-state index contributed by atoms with van der Waals surface area (Å²) in [5.41, 5.74) is -0.269. The third kappa shape index (κ3) is 3.83. The smallest absolute Gasteiger partial charge is 0.352 e. The van der Waals surface area contributed by atoms with Crippen LogP contribution in [0.25, 0.3) is 28.0 Å². The molecule has 0 fully saturated rings. The van der Waals surface area contributed by atoms with Gasteiger partial charge in [-0.3, -0.25) is 9.97 Å². The van der Waals surface area contributed by atoms with Crippen molar-refractivity contribution in [3.05, 3.63) is 64.1 Å². The fourth-order valence-electron chi connectivity index (χ4n) is 2.91.